The summed E-state index contributed by atoms with van der Waals surface area (Å²) in [6, 6.07) is 0. The predicted octanol–water partition coefficient (Wildman–Crippen LogP) is -0.779. The van der Waals surface area contributed by atoms with Crippen LogP contribution in [0.3, 0.4) is 0 Å². The summed E-state index contributed by atoms with van der Waals surface area (Å²) in [4.78, 5) is 0. The van der Waals surface area contributed by atoms with Crippen molar-refractivity contribution in [1.82, 2.24) is 0 Å². The third-order valence-corrected chi connectivity index (χ3v) is 0.929. The molecule has 0 aromatic heterocycles. The van der Waals surface area contributed by atoms with Crippen LogP contribution in [0.25, 0.3) is 0 Å². The van der Waals surface area contributed by atoms with E-state index in [0.29, 0.717) is 6.40 Å². The van der Waals surface area contributed by atoms with Crippen molar-refractivity contribution in [3.63, 3.8) is 0 Å². The van der Waals surface area contributed by atoms with Gasteiger partial charge in [0.05, 0.1) is 0 Å². The van der Waals surface area contributed by atoms with Gasteiger partial charge in [-0.25, -0.2) is 4.28 Å². The summed E-state index contributed by atoms with van der Waals surface area (Å²) in [5, 5.41) is 2.80. The predicted molar refractivity (Wildman–Crippen MR) is 19.6 cm³/mol. The molecule has 0 fully saturated rings. The second kappa shape index (κ2) is 1.09. The first-order valence-electron chi connectivity index (χ1n) is 1.34. The van der Waals surface area contributed by atoms with E-state index in [2.05, 4.69) is 13.6 Å². The highest BCUT2D eigenvalue weighted by molar-refractivity contribution is 7.82. The van der Waals surface area contributed by atoms with Crippen molar-refractivity contribution in [3.05, 3.63) is 0 Å². The van der Waals surface area contributed by atoms with E-state index in [1.165, 1.54) is 0 Å². The minimum atomic E-state index is -3.77. The van der Waals surface area contributed by atoms with Crippen LogP contribution in [-0.2, 0) is 18.9 Å². The van der Waals surface area contributed by atoms with Crippen LogP contribution in [0.2, 0.25) is 0 Å². The van der Waals surface area contributed by atoms with E-state index in [9.17, 15) is 8.42 Å². The fraction of sp³-hybridized carbons (Fsp3) is 0. The Hall–Kier alpha value is -0.780. The highest BCUT2D eigenvalue weighted by Gasteiger charge is 2.15. The van der Waals surface area contributed by atoms with Gasteiger partial charge in [0.25, 0.3) is 0 Å². The SMILES string of the molecule is O=S1(=O)OC=NO1. The Balaban J connectivity index is 2.88. The monoisotopic (exact) mass is 123 g/mol. The molecule has 7 heavy (non-hydrogen) atoms. The number of oxime groups is 1. The van der Waals surface area contributed by atoms with Gasteiger partial charge < -0.3 is 4.18 Å². The van der Waals surface area contributed by atoms with E-state index >= 15 is 0 Å². The summed E-state index contributed by atoms with van der Waals surface area (Å²) in [6.45, 7) is 0. The molecular formula is CHNO4S. The van der Waals surface area contributed by atoms with Gasteiger partial charge in [0.2, 0.25) is 6.40 Å². The normalized spacial score (nSPS) is 23.4. The van der Waals surface area contributed by atoms with E-state index in [4.69, 9.17) is 0 Å². The minimum Gasteiger partial charge on any atom is -0.336 e. The maximum Gasteiger partial charge on any atom is 0.522 e. The van der Waals surface area contributed by atoms with Crippen LogP contribution in [-0.4, -0.2) is 14.8 Å². The van der Waals surface area contributed by atoms with Gasteiger partial charge >= 0.3 is 10.4 Å². The molecule has 1 rings (SSSR count). The van der Waals surface area contributed by atoms with Gasteiger partial charge in [0.15, 0.2) is 0 Å². The molecular weight excluding hydrogens is 122 g/mol. The van der Waals surface area contributed by atoms with Crippen molar-refractivity contribution in [2.24, 2.45) is 5.16 Å². The molecule has 0 radical (unpaired) electrons. The maximum atomic E-state index is 9.86. The van der Waals surface area contributed by atoms with E-state index in [1.54, 1.807) is 0 Å². The van der Waals surface area contributed by atoms with Crippen molar-refractivity contribution in [2.75, 3.05) is 0 Å². The van der Waals surface area contributed by atoms with Crippen LogP contribution < -0.4 is 0 Å². The average molecular weight is 123 g/mol. The molecule has 0 aromatic carbocycles. The smallest absolute Gasteiger partial charge is 0.336 e. The van der Waals surface area contributed by atoms with E-state index in [0.717, 1.165) is 0 Å². The van der Waals surface area contributed by atoms with Crippen LogP contribution in [0.4, 0.5) is 0 Å². The third kappa shape index (κ3) is 0.801. The van der Waals surface area contributed by atoms with Crippen LogP contribution in [0, 0.1) is 0 Å². The molecule has 0 saturated heterocycles. The first-order valence-corrected chi connectivity index (χ1v) is 2.68. The maximum absolute atomic E-state index is 9.86. The lowest BCUT2D eigenvalue weighted by Crippen LogP contribution is -1.96. The van der Waals surface area contributed by atoms with E-state index in [-0.39, 0.29) is 0 Å². The van der Waals surface area contributed by atoms with Crippen LogP contribution in [0.15, 0.2) is 5.16 Å². The molecule has 1 heterocycles. The van der Waals surface area contributed by atoms with Gasteiger partial charge in [0.1, 0.15) is 0 Å². The molecule has 0 atom stereocenters. The Morgan fingerprint density at radius 2 is 2.29 bits per heavy atom. The topological polar surface area (TPSA) is 65.0 Å². The quantitative estimate of drug-likeness (QED) is 0.424. The zero-order valence-electron chi connectivity index (χ0n) is 3.07. The number of rotatable bonds is 0. The van der Waals surface area contributed by atoms with Crippen LogP contribution in [0.1, 0.15) is 0 Å². The first kappa shape index (κ1) is 4.38. The summed E-state index contributed by atoms with van der Waals surface area (Å²) in [5.74, 6) is 0. The van der Waals surface area contributed by atoms with Crippen molar-refractivity contribution < 1.29 is 16.9 Å². The summed E-state index contributed by atoms with van der Waals surface area (Å²) < 4.78 is 27.2. The number of hydrogen-bond donors (Lipinski definition) is 0. The van der Waals surface area contributed by atoms with Crippen LogP contribution in [0.5, 0.6) is 0 Å². The van der Waals surface area contributed by atoms with Crippen molar-refractivity contribution in [3.8, 4) is 0 Å². The summed E-state index contributed by atoms with van der Waals surface area (Å²) >= 11 is 0. The molecule has 5 nitrogen and oxygen atoms in total. The average Bonchev–Trinajstić information content (AvgIpc) is 1.84. The third-order valence-electron chi connectivity index (χ3n) is 0.338. The molecule has 0 amide bonds. The zero-order valence-corrected chi connectivity index (χ0v) is 3.88. The lowest BCUT2D eigenvalue weighted by Gasteiger charge is -1.82. The first-order chi connectivity index (χ1) is 3.21. The molecule has 0 spiro atoms. The van der Waals surface area contributed by atoms with Gasteiger partial charge in [-0.3, -0.25) is 0 Å². The molecule has 1 aliphatic rings. The second-order valence-corrected chi connectivity index (χ2v) is 1.95. The Labute approximate surface area is 39.9 Å². The Morgan fingerprint density at radius 1 is 1.57 bits per heavy atom. The molecule has 0 aromatic rings. The van der Waals surface area contributed by atoms with Gasteiger partial charge in [0, 0.05) is 0 Å². The largest absolute Gasteiger partial charge is 0.522 e. The van der Waals surface area contributed by atoms with E-state index < -0.39 is 10.4 Å². The highest BCUT2D eigenvalue weighted by Crippen LogP contribution is 1.99. The lowest BCUT2D eigenvalue weighted by atomic mass is 11.6. The summed E-state index contributed by atoms with van der Waals surface area (Å²) in [7, 11) is -3.77. The molecule has 0 unspecified atom stereocenters. The number of hydrogen-bond acceptors (Lipinski definition) is 5. The number of nitrogens with zero attached hydrogens (tertiary/aromatic N) is 1. The van der Waals surface area contributed by atoms with Gasteiger partial charge in [-0.05, 0) is 5.16 Å². The Bertz CT molecular complexity index is 164. The molecule has 6 heteroatoms. The highest BCUT2D eigenvalue weighted by atomic mass is 32.3. The van der Waals surface area contributed by atoms with Crippen molar-refractivity contribution in [2.45, 2.75) is 0 Å². The lowest BCUT2D eigenvalue weighted by molar-refractivity contribution is 0.326. The minimum absolute atomic E-state index is 0.704. The molecule has 40 valence electrons. The zero-order chi connectivity index (χ0) is 5.33. The van der Waals surface area contributed by atoms with Gasteiger partial charge in [-0.15, -0.1) is 8.42 Å². The molecule has 0 bridgehead atoms. The van der Waals surface area contributed by atoms with Crippen LogP contribution >= 0.6 is 0 Å². The van der Waals surface area contributed by atoms with Crippen molar-refractivity contribution in [1.29, 1.82) is 0 Å². The van der Waals surface area contributed by atoms with E-state index in [1.807, 2.05) is 0 Å². The van der Waals surface area contributed by atoms with Gasteiger partial charge in [-0.2, -0.15) is 0 Å². The molecule has 0 N–H and O–H groups in total. The molecule has 0 saturated carbocycles. The Kier molecular flexibility index (Phi) is 0.684. The summed E-state index contributed by atoms with van der Waals surface area (Å²) in [6.07, 6.45) is 0.704. The molecule has 0 aliphatic carbocycles. The second-order valence-electron chi connectivity index (χ2n) is 0.790. The molecule has 1 aliphatic heterocycles. The standard InChI is InChI=1S/CHNO4S/c3-7(4)5-1-2-6-7/h1H. The fourth-order valence-electron chi connectivity index (χ4n) is 0.158. The Morgan fingerprint density at radius 3 is 2.43 bits per heavy atom. The fourth-order valence-corrected chi connectivity index (χ4v) is 0.474. The van der Waals surface area contributed by atoms with Gasteiger partial charge in [-0.1, -0.05) is 0 Å². The summed E-state index contributed by atoms with van der Waals surface area (Å²) in [5.41, 5.74) is 0. The van der Waals surface area contributed by atoms with Crippen molar-refractivity contribution >= 4 is 16.8 Å².